The van der Waals surface area contributed by atoms with Crippen LogP contribution in [0.2, 0.25) is 0 Å². The number of carbonyl (C=O) groups is 1. The Kier molecular flexibility index (Phi) is 6.33. The third kappa shape index (κ3) is 4.33. The Hall–Kier alpha value is -0.320. The van der Waals surface area contributed by atoms with E-state index in [1.807, 2.05) is 0 Å². The van der Waals surface area contributed by atoms with Crippen molar-refractivity contribution in [2.45, 2.75) is 42.5 Å². The molecule has 0 aromatic rings. The van der Waals surface area contributed by atoms with E-state index in [9.17, 15) is 44.3 Å². The van der Waals surface area contributed by atoms with Gasteiger partial charge in [-0.1, -0.05) is 11.8 Å². The highest BCUT2D eigenvalue weighted by atomic mass is 35.5. The van der Waals surface area contributed by atoms with Crippen LogP contribution < -0.4 is 0 Å². The molecule has 0 aliphatic rings. The lowest BCUT2D eigenvalue weighted by atomic mass is 10.00. The SMILES string of the molecule is CC(=O)SC(CCl)CC(F)(F)C(F)(F)C(F)(F)C(F)(F)F. The van der Waals surface area contributed by atoms with Crippen molar-refractivity contribution in [3.05, 3.63) is 0 Å². The first kappa shape index (κ1) is 20.7. The maximum atomic E-state index is 13.2. The minimum atomic E-state index is -6.93. The quantitative estimate of drug-likeness (QED) is 0.496. The number of carbonyl (C=O) groups excluding carboxylic acids is 1. The van der Waals surface area contributed by atoms with Crippen LogP contribution in [-0.2, 0) is 4.79 Å². The van der Waals surface area contributed by atoms with E-state index in [1.54, 1.807) is 0 Å². The lowest BCUT2D eigenvalue weighted by Gasteiger charge is -2.34. The normalized spacial score (nSPS) is 16.0. The maximum Gasteiger partial charge on any atom is 0.460 e. The fourth-order valence-electron chi connectivity index (χ4n) is 1.18. The zero-order valence-electron chi connectivity index (χ0n) is 10.1. The van der Waals surface area contributed by atoms with Crippen LogP contribution in [0.25, 0.3) is 0 Å². The monoisotopic (exact) mass is 370 g/mol. The van der Waals surface area contributed by atoms with Crippen LogP contribution >= 0.6 is 23.4 Å². The second-order valence-electron chi connectivity index (χ2n) is 3.94. The molecule has 0 rings (SSSR count). The minimum absolute atomic E-state index is 0.0503. The molecule has 0 heterocycles. The second-order valence-corrected chi connectivity index (χ2v) is 5.73. The molecule has 1 nitrogen and oxygen atoms in total. The Morgan fingerprint density at radius 2 is 1.43 bits per heavy atom. The highest BCUT2D eigenvalue weighted by molar-refractivity contribution is 8.14. The molecule has 21 heavy (non-hydrogen) atoms. The van der Waals surface area contributed by atoms with Gasteiger partial charge in [0.25, 0.3) is 0 Å². The van der Waals surface area contributed by atoms with Gasteiger partial charge in [0.05, 0.1) is 0 Å². The van der Waals surface area contributed by atoms with E-state index < -0.39 is 46.6 Å². The van der Waals surface area contributed by atoms with Crippen molar-refractivity contribution >= 4 is 28.5 Å². The van der Waals surface area contributed by atoms with E-state index in [2.05, 4.69) is 0 Å². The van der Waals surface area contributed by atoms with Gasteiger partial charge >= 0.3 is 23.9 Å². The Morgan fingerprint density at radius 1 is 1.00 bits per heavy atom. The molecule has 0 spiro atoms. The summed E-state index contributed by atoms with van der Waals surface area (Å²) in [6.07, 6.45) is -8.97. The summed E-state index contributed by atoms with van der Waals surface area (Å²) in [5.74, 6) is -20.1. The zero-order chi connectivity index (χ0) is 17.3. The van der Waals surface area contributed by atoms with E-state index in [0.717, 1.165) is 6.92 Å². The molecule has 0 saturated carbocycles. The van der Waals surface area contributed by atoms with Gasteiger partial charge in [0.2, 0.25) is 0 Å². The van der Waals surface area contributed by atoms with Gasteiger partial charge in [-0.05, 0) is 0 Å². The molecule has 0 fully saturated rings. The molecule has 0 N–H and O–H groups in total. The van der Waals surface area contributed by atoms with Crippen molar-refractivity contribution in [3.63, 3.8) is 0 Å². The molecule has 0 amide bonds. The van der Waals surface area contributed by atoms with Crippen LogP contribution in [0.5, 0.6) is 0 Å². The van der Waals surface area contributed by atoms with Crippen LogP contribution in [0.3, 0.4) is 0 Å². The Labute approximate surface area is 122 Å². The van der Waals surface area contributed by atoms with Crippen LogP contribution in [0.4, 0.5) is 39.5 Å². The van der Waals surface area contributed by atoms with Gasteiger partial charge in [0.15, 0.2) is 5.12 Å². The Balaban J connectivity index is 5.42. The predicted molar refractivity (Wildman–Crippen MR) is 58.3 cm³/mol. The van der Waals surface area contributed by atoms with E-state index in [0.29, 0.717) is 0 Å². The second kappa shape index (κ2) is 6.43. The fraction of sp³-hybridized carbons (Fsp3) is 0.889. The van der Waals surface area contributed by atoms with Crippen molar-refractivity contribution in [1.29, 1.82) is 0 Å². The summed E-state index contributed by atoms with van der Waals surface area (Å²) in [5, 5.41) is -2.57. The van der Waals surface area contributed by atoms with Gasteiger partial charge in [-0.25, -0.2) is 0 Å². The molecule has 0 aromatic carbocycles. The molecule has 126 valence electrons. The maximum absolute atomic E-state index is 13.2. The summed E-state index contributed by atoms with van der Waals surface area (Å²) in [5.41, 5.74) is 0. The number of rotatable bonds is 6. The van der Waals surface area contributed by atoms with E-state index >= 15 is 0 Å². The van der Waals surface area contributed by atoms with Crippen LogP contribution in [0.1, 0.15) is 13.3 Å². The molecule has 1 atom stereocenters. The Morgan fingerprint density at radius 3 is 1.71 bits per heavy atom. The number of halogens is 10. The van der Waals surface area contributed by atoms with Crippen molar-refractivity contribution in [2.75, 3.05) is 5.88 Å². The molecular weight excluding hydrogens is 363 g/mol. The highest BCUT2D eigenvalue weighted by Crippen LogP contribution is 2.54. The first-order valence-electron chi connectivity index (χ1n) is 5.03. The summed E-state index contributed by atoms with van der Waals surface area (Å²) in [6.45, 7) is 0.866. The van der Waals surface area contributed by atoms with E-state index in [-0.39, 0.29) is 11.8 Å². The van der Waals surface area contributed by atoms with Crippen molar-refractivity contribution in [3.8, 4) is 0 Å². The zero-order valence-corrected chi connectivity index (χ0v) is 11.7. The lowest BCUT2D eigenvalue weighted by Crippen LogP contribution is -2.61. The number of thioether (sulfide) groups is 1. The third-order valence-corrected chi connectivity index (χ3v) is 3.75. The molecule has 1 unspecified atom stereocenters. The summed E-state index contributed by atoms with van der Waals surface area (Å²) in [4.78, 5) is 10.6. The third-order valence-electron chi connectivity index (χ3n) is 2.20. The van der Waals surface area contributed by atoms with Gasteiger partial charge in [-0.15, -0.1) is 11.6 Å². The smallest absolute Gasteiger partial charge is 0.288 e. The van der Waals surface area contributed by atoms with Gasteiger partial charge in [-0.3, -0.25) is 4.79 Å². The van der Waals surface area contributed by atoms with Crippen LogP contribution in [0.15, 0.2) is 0 Å². The van der Waals surface area contributed by atoms with Crippen molar-refractivity contribution in [1.82, 2.24) is 0 Å². The number of hydrogen-bond donors (Lipinski definition) is 0. The molecule has 0 aliphatic heterocycles. The predicted octanol–water partition coefficient (Wildman–Crippen LogP) is 4.73. The molecule has 0 radical (unpaired) electrons. The van der Waals surface area contributed by atoms with Crippen LogP contribution in [-0.4, -0.2) is 40.2 Å². The van der Waals surface area contributed by atoms with Crippen LogP contribution in [0, 0.1) is 0 Å². The topological polar surface area (TPSA) is 17.1 Å². The molecule has 0 bridgehead atoms. The van der Waals surface area contributed by atoms with E-state index in [4.69, 9.17) is 11.6 Å². The Bertz CT molecular complexity index is 382. The van der Waals surface area contributed by atoms with E-state index in [1.165, 1.54) is 0 Å². The fourth-order valence-corrected chi connectivity index (χ4v) is 2.31. The summed E-state index contributed by atoms with van der Waals surface area (Å²) >= 11 is 5.16. The number of hydrogen-bond acceptors (Lipinski definition) is 2. The molecule has 0 aromatic heterocycles. The lowest BCUT2D eigenvalue weighted by molar-refractivity contribution is -0.396. The largest absolute Gasteiger partial charge is 0.460 e. The standard InChI is InChI=1S/C9H8ClF9OS/c1-4(20)21-5(3-10)2-6(11,12)7(13,14)8(15,16)9(17,18)19/h5H,2-3H2,1H3. The van der Waals surface area contributed by atoms with Gasteiger partial charge in [0, 0.05) is 24.5 Å². The average molecular weight is 371 g/mol. The summed E-state index contributed by atoms with van der Waals surface area (Å²) in [6, 6.07) is 0. The summed E-state index contributed by atoms with van der Waals surface area (Å²) in [7, 11) is 0. The molecular formula is C9H8ClF9OS. The van der Waals surface area contributed by atoms with Gasteiger partial charge in [0.1, 0.15) is 0 Å². The first-order chi connectivity index (χ1) is 9.10. The summed E-state index contributed by atoms with van der Waals surface area (Å²) < 4.78 is 113. The average Bonchev–Trinajstić information content (AvgIpc) is 2.24. The minimum Gasteiger partial charge on any atom is -0.288 e. The first-order valence-corrected chi connectivity index (χ1v) is 6.45. The van der Waals surface area contributed by atoms with Crippen molar-refractivity contribution < 1.29 is 44.3 Å². The molecule has 12 heteroatoms. The molecule has 0 saturated heterocycles. The highest BCUT2D eigenvalue weighted by Gasteiger charge is 2.81. The van der Waals surface area contributed by atoms with Gasteiger partial charge < -0.3 is 0 Å². The van der Waals surface area contributed by atoms with Crippen molar-refractivity contribution in [2.24, 2.45) is 0 Å². The number of alkyl halides is 10. The molecule has 0 aliphatic carbocycles. The van der Waals surface area contributed by atoms with Gasteiger partial charge in [-0.2, -0.15) is 39.5 Å².